The molecule has 94 valence electrons. The predicted octanol–water partition coefficient (Wildman–Crippen LogP) is 4.52. The standard InChI is InChI=1S/C16H17ClO/c1-18-16-10-8-13(9-11-16)4-2-5-14-6-3-7-15(17)12-14/h3,6-12H,2,4-5H2,1H3. The Hall–Kier alpha value is -1.47. The minimum atomic E-state index is 0.817. The molecule has 0 radical (unpaired) electrons. The Labute approximate surface area is 113 Å². The van der Waals surface area contributed by atoms with Crippen LogP contribution in [0, 0.1) is 0 Å². The summed E-state index contributed by atoms with van der Waals surface area (Å²) in [5.41, 5.74) is 2.65. The van der Waals surface area contributed by atoms with Gasteiger partial charge in [0.2, 0.25) is 0 Å². The van der Waals surface area contributed by atoms with Gasteiger partial charge in [0.1, 0.15) is 5.75 Å². The van der Waals surface area contributed by atoms with Gasteiger partial charge in [0.15, 0.2) is 0 Å². The van der Waals surface area contributed by atoms with Crippen LogP contribution in [0.3, 0.4) is 0 Å². The van der Waals surface area contributed by atoms with Crippen LogP contribution < -0.4 is 4.74 Å². The maximum Gasteiger partial charge on any atom is 0.118 e. The zero-order valence-electron chi connectivity index (χ0n) is 10.5. The number of aryl methyl sites for hydroxylation is 2. The summed E-state index contributed by atoms with van der Waals surface area (Å²) < 4.78 is 5.14. The Morgan fingerprint density at radius 2 is 1.67 bits per heavy atom. The molecule has 0 aliphatic carbocycles. The van der Waals surface area contributed by atoms with Crippen molar-refractivity contribution in [3.8, 4) is 5.75 Å². The molecule has 0 aromatic heterocycles. The lowest BCUT2D eigenvalue weighted by molar-refractivity contribution is 0.414. The second-order valence-corrected chi connectivity index (χ2v) is 4.77. The van der Waals surface area contributed by atoms with Gasteiger partial charge in [0.05, 0.1) is 7.11 Å². The number of rotatable bonds is 5. The first kappa shape index (κ1) is 13.0. The zero-order chi connectivity index (χ0) is 12.8. The summed E-state index contributed by atoms with van der Waals surface area (Å²) in [4.78, 5) is 0. The molecule has 0 atom stereocenters. The topological polar surface area (TPSA) is 9.23 Å². The average Bonchev–Trinajstić information content (AvgIpc) is 2.40. The minimum Gasteiger partial charge on any atom is -0.497 e. The van der Waals surface area contributed by atoms with Crippen LogP contribution in [0.2, 0.25) is 5.02 Å². The molecular weight excluding hydrogens is 244 g/mol. The van der Waals surface area contributed by atoms with Gasteiger partial charge in [-0.1, -0.05) is 35.9 Å². The first-order chi connectivity index (χ1) is 8.78. The van der Waals surface area contributed by atoms with E-state index in [-0.39, 0.29) is 0 Å². The normalized spacial score (nSPS) is 10.3. The lowest BCUT2D eigenvalue weighted by Crippen LogP contribution is -1.90. The quantitative estimate of drug-likeness (QED) is 0.768. The highest BCUT2D eigenvalue weighted by atomic mass is 35.5. The molecular formula is C16H17ClO. The molecule has 0 heterocycles. The van der Waals surface area contributed by atoms with E-state index in [4.69, 9.17) is 16.3 Å². The first-order valence-electron chi connectivity index (χ1n) is 6.15. The number of methoxy groups -OCH3 is 1. The molecule has 0 aliphatic heterocycles. The van der Waals surface area contributed by atoms with Crippen molar-refractivity contribution in [1.29, 1.82) is 0 Å². The molecule has 0 saturated heterocycles. The highest BCUT2D eigenvalue weighted by molar-refractivity contribution is 6.30. The Kier molecular flexibility index (Phi) is 4.66. The second kappa shape index (κ2) is 6.46. The van der Waals surface area contributed by atoms with Crippen LogP contribution in [-0.2, 0) is 12.8 Å². The summed E-state index contributed by atoms with van der Waals surface area (Å²) in [7, 11) is 1.69. The van der Waals surface area contributed by atoms with Crippen LogP contribution in [0.5, 0.6) is 5.75 Å². The van der Waals surface area contributed by atoms with Crippen molar-refractivity contribution in [2.24, 2.45) is 0 Å². The lowest BCUT2D eigenvalue weighted by Gasteiger charge is -2.04. The summed E-state index contributed by atoms with van der Waals surface area (Å²) >= 11 is 5.96. The fraction of sp³-hybridized carbons (Fsp3) is 0.250. The molecule has 2 aromatic rings. The van der Waals surface area contributed by atoms with E-state index in [1.54, 1.807) is 7.11 Å². The molecule has 18 heavy (non-hydrogen) atoms. The van der Waals surface area contributed by atoms with E-state index in [1.807, 2.05) is 30.3 Å². The van der Waals surface area contributed by atoms with E-state index in [1.165, 1.54) is 11.1 Å². The smallest absolute Gasteiger partial charge is 0.118 e. The summed E-state index contributed by atoms with van der Waals surface area (Å²) in [6.45, 7) is 0. The van der Waals surface area contributed by atoms with Crippen LogP contribution in [0.15, 0.2) is 48.5 Å². The van der Waals surface area contributed by atoms with E-state index in [0.717, 1.165) is 30.0 Å². The molecule has 0 bridgehead atoms. The summed E-state index contributed by atoms with van der Waals surface area (Å²) in [5, 5.41) is 0.817. The maximum atomic E-state index is 5.96. The van der Waals surface area contributed by atoms with Gasteiger partial charge in [-0.05, 0) is 54.7 Å². The summed E-state index contributed by atoms with van der Waals surface area (Å²) in [6.07, 6.45) is 3.27. The second-order valence-electron chi connectivity index (χ2n) is 4.33. The maximum absolute atomic E-state index is 5.96. The van der Waals surface area contributed by atoms with Crippen molar-refractivity contribution in [2.45, 2.75) is 19.3 Å². The number of hydrogen-bond donors (Lipinski definition) is 0. The Bertz CT molecular complexity index is 491. The molecule has 0 spiro atoms. The van der Waals surface area contributed by atoms with Gasteiger partial charge in [-0.25, -0.2) is 0 Å². The van der Waals surface area contributed by atoms with Crippen LogP contribution in [0.1, 0.15) is 17.5 Å². The third-order valence-electron chi connectivity index (χ3n) is 2.98. The van der Waals surface area contributed by atoms with E-state index < -0.39 is 0 Å². The van der Waals surface area contributed by atoms with Gasteiger partial charge < -0.3 is 4.74 Å². The molecule has 0 N–H and O–H groups in total. The molecule has 1 nitrogen and oxygen atoms in total. The highest BCUT2D eigenvalue weighted by Gasteiger charge is 1.97. The molecule has 2 heteroatoms. The fourth-order valence-electron chi connectivity index (χ4n) is 1.98. The molecule has 2 aromatic carbocycles. The monoisotopic (exact) mass is 260 g/mol. The molecule has 0 aliphatic rings. The Balaban J connectivity index is 1.84. The molecule has 0 amide bonds. The van der Waals surface area contributed by atoms with Crippen molar-refractivity contribution in [1.82, 2.24) is 0 Å². The lowest BCUT2D eigenvalue weighted by atomic mass is 10.0. The largest absolute Gasteiger partial charge is 0.497 e. The van der Waals surface area contributed by atoms with E-state index >= 15 is 0 Å². The first-order valence-corrected chi connectivity index (χ1v) is 6.53. The Morgan fingerprint density at radius 1 is 0.944 bits per heavy atom. The fourth-order valence-corrected chi connectivity index (χ4v) is 2.19. The van der Waals surface area contributed by atoms with Gasteiger partial charge >= 0.3 is 0 Å². The van der Waals surface area contributed by atoms with Gasteiger partial charge in [-0.2, -0.15) is 0 Å². The summed E-state index contributed by atoms with van der Waals surface area (Å²) in [6, 6.07) is 16.3. The van der Waals surface area contributed by atoms with Crippen LogP contribution in [-0.4, -0.2) is 7.11 Å². The third kappa shape index (κ3) is 3.78. The molecule has 0 unspecified atom stereocenters. The zero-order valence-corrected chi connectivity index (χ0v) is 11.3. The van der Waals surface area contributed by atoms with E-state index in [0.29, 0.717) is 0 Å². The van der Waals surface area contributed by atoms with Crippen LogP contribution in [0.4, 0.5) is 0 Å². The average molecular weight is 261 g/mol. The third-order valence-corrected chi connectivity index (χ3v) is 3.21. The summed E-state index contributed by atoms with van der Waals surface area (Å²) in [5.74, 6) is 0.911. The minimum absolute atomic E-state index is 0.817. The number of halogens is 1. The van der Waals surface area contributed by atoms with Crippen molar-refractivity contribution >= 4 is 11.6 Å². The van der Waals surface area contributed by atoms with Gasteiger partial charge in [0.25, 0.3) is 0 Å². The molecule has 0 fully saturated rings. The van der Waals surface area contributed by atoms with E-state index in [9.17, 15) is 0 Å². The number of benzene rings is 2. The van der Waals surface area contributed by atoms with Crippen LogP contribution >= 0.6 is 11.6 Å². The SMILES string of the molecule is COc1ccc(CCCc2cccc(Cl)c2)cc1. The van der Waals surface area contributed by atoms with E-state index in [2.05, 4.69) is 18.2 Å². The van der Waals surface area contributed by atoms with Crippen molar-refractivity contribution < 1.29 is 4.74 Å². The van der Waals surface area contributed by atoms with Crippen molar-refractivity contribution in [3.63, 3.8) is 0 Å². The number of ether oxygens (including phenoxy) is 1. The number of hydrogen-bond acceptors (Lipinski definition) is 1. The van der Waals surface area contributed by atoms with Gasteiger partial charge in [-0.15, -0.1) is 0 Å². The van der Waals surface area contributed by atoms with Crippen LogP contribution in [0.25, 0.3) is 0 Å². The van der Waals surface area contributed by atoms with Crippen molar-refractivity contribution in [3.05, 3.63) is 64.7 Å². The highest BCUT2D eigenvalue weighted by Crippen LogP contribution is 2.15. The van der Waals surface area contributed by atoms with Crippen molar-refractivity contribution in [2.75, 3.05) is 7.11 Å². The molecule has 2 rings (SSSR count). The van der Waals surface area contributed by atoms with Gasteiger partial charge in [-0.3, -0.25) is 0 Å². The predicted molar refractivity (Wildman–Crippen MR) is 76.5 cm³/mol. The molecule has 0 saturated carbocycles. The Morgan fingerprint density at radius 3 is 2.33 bits per heavy atom. The van der Waals surface area contributed by atoms with Gasteiger partial charge in [0, 0.05) is 5.02 Å².